The van der Waals surface area contributed by atoms with Crippen molar-refractivity contribution in [2.24, 2.45) is 5.92 Å². The van der Waals surface area contributed by atoms with Gasteiger partial charge in [-0.1, -0.05) is 12.1 Å². The van der Waals surface area contributed by atoms with Gasteiger partial charge < -0.3 is 9.47 Å². The van der Waals surface area contributed by atoms with Crippen LogP contribution in [-0.4, -0.2) is 44.4 Å². The minimum atomic E-state index is -0.101. The molecule has 0 spiro atoms. The monoisotopic (exact) mass is 290 g/mol. The van der Waals surface area contributed by atoms with Crippen molar-refractivity contribution < 1.29 is 18.8 Å². The number of likely N-dealkylation sites (tertiary alicyclic amines) is 1. The van der Waals surface area contributed by atoms with Crippen molar-refractivity contribution >= 4 is 6.09 Å². The third kappa shape index (κ3) is 2.22. The lowest BCUT2D eigenvalue weighted by Crippen LogP contribution is -2.63. The van der Waals surface area contributed by atoms with E-state index in [4.69, 9.17) is 9.47 Å². The van der Waals surface area contributed by atoms with Gasteiger partial charge in [0.25, 0.3) is 0 Å². The van der Waals surface area contributed by atoms with Crippen molar-refractivity contribution in [1.29, 1.82) is 0 Å². The highest BCUT2D eigenvalue weighted by Gasteiger charge is 2.50. The predicted octanol–water partition coefficient (Wildman–Crippen LogP) is 2.79. The standard InChI is InChI=1S/C17H24NO3/c1-18(17(19)21-3)9-5-7-13-10-14-12(11-15(13)18)6-4-8-16(14)20-2/h4,6,8,13,15H,5,7,9-11H2,1-3H3/q+1. The maximum absolute atomic E-state index is 12.3. The molecular formula is C17H24NO3+. The van der Waals surface area contributed by atoms with Crippen LogP contribution in [0.4, 0.5) is 4.79 Å². The number of carbonyl (C=O) groups is 1. The zero-order chi connectivity index (χ0) is 15.0. The molecule has 114 valence electrons. The first-order valence-corrected chi connectivity index (χ1v) is 7.68. The number of benzene rings is 1. The molecule has 0 N–H and O–H groups in total. The summed E-state index contributed by atoms with van der Waals surface area (Å²) in [6.07, 6.45) is 4.11. The number of nitrogens with zero attached hydrogens (tertiary/aromatic N) is 1. The molecule has 0 aromatic heterocycles. The van der Waals surface area contributed by atoms with Crippen LogP contribution in [0.2, 0.25) is 0 Å². The number of hydrogen-bond acceptors (Lipinski definition) is 3. The normalized spacial score (nSPS) is 31.0. The average Bonchev–Trinajstić information content (AvgIpc) is 2.52. The summed E-state index contributed by atoms with van der Waals surface area (Å²) in [7, 11) is 5.26. The molecule has 3 rings (SSSR count). The van der Waals surface area contributed by atoms with Crippen LogP contribution in [0.25, 0.3) is 0 Å². The molecule has 21 heavy (non-hydrogen) atoms. The van der Waals surface area contributed by atoms with Crippen LogP contribution < -0.4 is 4.74 Å². The fourth-order valence-corrected chi connectivity index (χ4v) is 4.26. The largest absolute Gasteiger partial charge is 0.515 e. The number of rotatable bonds is 1. The van der Waals surface area contributed by atoms with Crippen LogP contribution in [-0.2, 0) is 17.6 Å². The maximum Gasteiger partial charge on any atom is 0.515 e. The number of fused-ring (bicyclic) bond motifs is 2. The Morgan fingerprint density at radius 1 is 1.29 bits per heavy atom. The van der Waals surface area contributed by atoms with E-state index in [9.17, 15) is 4.79 Å². The summed E-state index contributed by atoms with van der Waals surface area (Å²) in [5.41, 5.74) is 2.66. The fourth-order valence-electron chi connectivity index (χ4n) is 4.26. The van der Waals surface area contributed by atoms with Gasteiger partial charge >= 0.3 is 6.09 Å². The van der Waals surface area contributed by atoms with Gasteiger partial charge in [0.05, 0.1) is 27.8 Å². The molecule has 3 unspecified atom stereocenters. The first-order valence-electron chi connectivity index (χ1n) is 7.68. The number of methoxy groups -OCH3 is 2. The molecule has 1 fully saturated rings. The lowest BCUT2D eigenvalue weighted by Gasteiger charge is -2.47. The Hall–Kier alpha value is -1.55. The van der Waals surface area contributed by atoms with E-state index in [0.717, 1.165) is 31.6 Å². The van der Waals surface area contributed by atoms with E-state index in [2.05, 4.69) is 6.07 Å². The van der Waals surface area contributed by atoms with Crippen molar-refractivity contribution in [2.75, 3.05) is 27.8 Å². The van der Waals surface area contributed by atoms with E-state index < -0.39 is 0 Å². The number of likely N-dealkylation sites (N-methyl/N-ethyl adjacent to an activating group) is 1. The first kappa shape index (κ1) is 14.4. The van der Waals surface area contributed by atoms with Crippen LogP contribution >= 0.6 is 0 Å². The molecule has 4 heteroatoms. The number of hydrogen-bond donors (Lipinski definition) is 0. The Kier molecular flexibility index (Phi) is 3.66. The summed E-state index contributed by atoms with van der Waals surface area (Å²) in [5, 5.41) is 0. The highest BCUT2D eigenvalue weighted by atomic mass is 16.5. The van der Waals surface area contributed by atoms with Crippen molar-refractivity contribution in [3.63, 3.8) is 0 Å². The Morgan fingerprint density at radius 3 is 2.81 bits per heavy atom. The molecule has 4 nitrogen and oxygen atoms in total. The van der Waals surface area contributed by atoms with E-state index >= 15 is 0 Å². The topological polar surface area (TPSA) is 35.5 Å². The van der Waals surface area contributed by atoms with Crippen molar-refractivity contribution in [1.82, 2.24) is 0 Å². The molecule has 0 saturated carbocycles. The van der Waals surface area contributed by atoms with Gasteiger partial charge in [0.15, 0.2) is 0 Å². The van der Waals surface area contributed by atoms with Crippen LogP contribution in [0.5, 0.6) is 5.75 Å². The Labute approximate surface area is 126 Å². The third-order valence-corrected chi connectivity index (χ3v) is 5.41. The van der Waals surface area contributed by atoms with Crippen molar-refractivity contribution in [3.8, 4) is 5.75 Å². The van der Waals surface area contributed by atoms with Gasteiger partial charge in [-0.3, -0.25) is 0 Å². The molecule has 1 aliphatic carbocycles. The average molecular weight is 290 g/mol. The molecule has 3 atom stereocenters. The summed E-state index contributed by atoms with van der Waals surface area (Å²) in [4.78, 5) is 12.3. The minimum Gasteiger partial charge on any atom is -0.496 e. The zero-order valence-corrected chi connectivity index (χ0v) is 13.1. The highest BCUT2D eigenvalue weighted by molar-refractivity contribution is 5.60. The molecule has 1 amide bonds. The molecule has 1 aromatic carbocycles. The summed E-state index contributed by atoms with van der Waals surface area (Å²) in [6.45, 7) is 0.882. The Bertz CT molecular complexity index is 557. The van der Waals surface area contributed by atoms with Crippen LogP contribution in [0.3, 0.4) is 0 Å². The van der Waals surface area contributed by atoms with Crippen molar-refractivity contribution in [2.45, 2.75) is 31.7 Å². The Balaban J connectivity index is 1.98. The van der Waals surface area contributed by atoms with E-state index in [1.807, 2.05) is 19.2 Å². The first-order chi connectivity index (χ1) is 10.1. The van der Waals surface area contributed by atoms with Gasteiger partial charge in [-0.15, -0.1) is 0 Å². The SMILES string of the molecule is COC(=O)[N+]1(C)CCCC2Cc3c(cccc3OC)CC21. The molecule has 1 heterocycles. The van der Waals surface area contributed by atoms with Crippen LogP contribution in [0.15, 0.2) is 18.2 Å². The summed E-state index contributed by atoms with van der Waals surface area (Å²) in [6, 6.07) is 6.58. The fraction of sp³-hybridized carbons (Fsp3) is 0.588. The Morgan fingerprint density at radius 2 is 2.10 bits per heavy atom. The van der Waals surface area contributed by atoms with Gasteiger partial charge in [0, 0.05) is 12.3 Å². The molecule has 1 aromatic rings. The van der Waals surface area contributed by atoms with Crippen LogP contribution in [0.1, 0.15) is 24.0 Å². The van der Waals surface area contributed by atoms with Crippen molar-refractivity contribution in [3.05, 3.63) is 29.3 Å². The van der Waals surface area contributed by atoms with Gasteiger partial charge in [-0.25, -0.2) is 4.48 Å². The van der Waals surface area contributed by atoms with E-state index in [-0.39, 0.29) is 6.09 Å². The number of piperidine rings is 1. The van der Waals surface area contributed by atoms with Gasteiger partial charge in [0.1, 0.15) is 11.8 Å². The maximum atomic E-state index is 12.3. The second-order valence-corrected chi connectivity index (χ2v) is 6.44. The molecule has 1 saturated heterocycles. The summed E-state index contributed by atoms with van der Waals surface area (Å²) in [5.74, 6) is 1.52. The number of ether oxygens (including phenoxy) is 2. The summed E-state index contributed by atoms with van der Waals surface area (Å²) >= 11 is 0. The van der Waals surface area contributed by atoms with Gasteiger partial charge in [0.2, 0.25) is 0 Å². The lowest BCUT2D eigenvalue weighted by atomic mass is 9.74. The van der Waals surface area contributed by atoms with Gasteiger partial charge in [-0.05, 0) is 36.5 Å². The third-order valence-electron chi connectivity index (χ3n) is 5.41. The summed E-state index contributed by atoms with van der Waals surface area (Å²) < 4.78 is 11.0. The van der Waals surface area contributed by atoms with E-state index in [1.165, 1.54) is 24.7 Å². The van der Waals surface area contributed by atoms with Gasteiger partial charge in [-0.2, -0.15) is 4.79 Å². The highest BCUT2D eigenvalue weighted by Crippen LogP contribution is 2.41. The smallest absolute Gasteiger partial charge is 0.496 e. The lowest BCUT2D eigenvalue weighted by molar-refractivity contribution is -0.874. The number of quaternary nitrogens is 1. The molecule has 0 radical (unpaired) electrons. The molecule has 1 aliphatic heterocycles. The molecule has 2 aliphatic rings. The predicted molar refractivity (Wildman–Crippen MR) is 80.4 cm³/mol. The molecule has 0 bridgehead atoms. The van der Waals surface area contributed by atoms with E-state index in [1.54, 1.807) is 7.11 Å². The minimum absolute atomic E-state index is 0.101. The van der Waals surface area contributed by atoms with Crippen LogP contribution in [0, 0.1) is 5.92 Å². The molecular weight excluding hydrogens is 266 g/mol. The van der Waals surface area contributed by atoms with E-state index in [0.29, 0.717) is 16.4 Å². The second kappa shape index (κ2) is 5.34. The second-order valence-electron chi connectivity index (χ2n) is 6.44. The quantitative estimate of drug-likeness (QED) is 0.746. The zero-order valence-electron chi connectivity index (χ0n) is 13.1. The number of amides is 1. The number of carbonyl (C=O) groups excluding carboxylic acids is 1.